The first kappa shape index (κ1) is 15.3. The lowest BCUT2D eigenvalue weighted by atomic mass is 10.0. The number of hydrogen-bond acceptors (Lipinski definition) is 3. The van der Waals surface area contributed by atoms with Gasteiger partial charge in [-0.15, -0.1) is 0 Å². The summed E-state index contributed by atoms with van der Waals surface area (Å²) in [6.07, 6.45) is 3.47. The van der Waals surface area contributed by atoms with Gasteiger partial charge in [0.1, 0.15) is 5.76 Å². The summed E-state index contributed by atoms with van der Waals surface area (Å²) in [7, 11) is 0. The molecule has 2 aromatic carbocycles. The fourth-order valence-corrected chi connectivity index (χ4v) is 2.92. The lowest BCUT2D eigenvalue weighted by Crippen LogP contribution is -2.23. The van der Waals surface area contributed by atoms with Crippen LogP contribution in [0.15, 0.2) is 53.9 Å². The third-order valence-corrected chi connectivity index (χ3v) is 4.10. The van der Waals surface area contributed by atoms with Gasteiger partial charge in [0.2, 0.25) is 5.91 Å². The standard InChI is InChI=1S/C19H19NO3/c21-13-23-18-7-3-6-17(18)20-19(22)11-9-14-8-10-15-4-1-2-5-16(15)12-14/h1-2,4-5,8,10,12-13H,3,6-7,9,11H2,(H,20,22). The first-order valence-electron chi connectivity index (χ1n) is 7.86. The highest BCUT2D eigenvalue weighted by atomic mass is 16.5. The average molecular weight is 309 g/mol. The van der Waals surface area contributed by atoms with Crippen molar-refractivity contribution in [2.45, 2.75) is 32.1 Å². The zero-order chi connectivity index (χ0) is 16.1. The van der Waals surface area contributed by atoms with Crippen molar-refractivity contribution in [1.29, 1.82) is 0 Å². The highest BCUT2D eigenvalue weighted by molar-refractivity contribution is 5.83. The van der Waals surface area contributed by atoms with Gasteiger partial charge in [-0.25, -0.2) is 0 Å². The minimum absolute atomic E-state index is 0.0398. The van der Waals surface area contributed by atoms with E-state index in [4.69, 9.17) is 4.74 Å². The van der Waals surface area contributed by atoms with Crippen molar-refractivity contribution in [3.8, 4) is 0 Å². The Balaban J connectivity index is 1.59. The van der Waals surface area contributed by atoms with Crippen molar-refractivity contribution >= 4 is 23.2 Å². The molecule has 1 aliphatic carbocycles. The number of nitrogens with one attached hydrogen (secondary N) is 1. The van der Waals surface area contributed by atoms with Crippen molar-refractivity contribution in [3.63, 3.8) is 0 Å². The SMILES string of the molecule is O=COC1=C(NC(=O)CCc2ccc3ccccc3c2)CCC1. The van der Waals surface area contributed by atoms with Crippen molar-refractivity contribution in [1.82, 2.24) is 5.32 Å². The lowest BCUT2D eigenvalue weighted by molar-refractivity contribution is -0.125. The normalized spacial score (nSPS) is 14.1. The number of carbonyl (C=O) groups excluding carboxylic acids is 2. The summed E-state index contributed by atoms with van der Waals surface area (Å²) in [4.78, 5) is 22.5. The van der Waals surface area contributed by atoms with Crippen LogP contribution in [-0.2, 0) is 20.7 Å². The van der Waals surface area contributed by atoms with Crippen LogP contribution in [0, 0.1) is 0 Å². The predicted molar refractivity (Wildman–Crippen MR) is 88.4 cm³/mol. The predicted octanol–water partition coefficient (Wildman–Crippen LogP) is 3.46. The van der Waals surface area contributed by atoms with Crippen LogP contribution in [0.3, 0.4) is 0 Å². The number of aryl methyl sites for hydroxylation is 1. The molecule has 3 rings (SSSR count). The van der Waals surface area contributed by atoms with E-state index in [2.05, 4.69) is 35.6 Å². The highest BCUT2D eigenvalue weighted by Crippen LogP contribution is 2.24. The number of benzene rings is 2. The van der Waals surface area contributed by atoms with Gasteiger partial charge in [-0.1, -0.05) is 42.5 Å². The van der Waals surface area contributed by atoms with Crippen molar-refractivity contribution < 1.29 is 14.3 Å². The van der Waals surface area contributed by atoms with Crippen LogP contribution in [0.4, 0.5) is 0 Å². The molecule has 0 spiro atoms. The van der Waals surface area contributed by atoms with Crippen LogP contribution in [0.25, 0.3) is 10.8 Å². The van der Waals surface area contributed by atoms with E-state index in [1.165, 1.54) is 10.8 Å². The molecule has 1 amide bonds. The molecule has 0 saturated heterocycles. The Hall–Kier alpha value is -2.62. The van der Waals surface area contributed by atoms with E-state index in [0.717, 1.165) is 24.1 Å². The Bertz CT molecular complexity index is 764. The molecule has 4 heteroatoms. The summed E-state index contributed by atoms with van der Waals surface area (Å²) in [5.41, 5.74) is 1.89. The average Bonchev–Trinajstić information content (AvgIpc) is 3.00. The summed E-state index contributed by atoms with van der Waals surface area (Å²) < 4.78 is 4.91. The maximum Gasteiger partial charge on any atom is 0.298 e. The molecule has 0 radical (unpaired) electrons. The highest BCUT2D eigenvalue weighted by Gasteiger charge is 2.18. The maximum atomic E-state index is 12.1. The number of fused-ring (bicyclic) bond motifs is 1. The maximum absolute atomic E-state index is 12.1. The van der Waals surface area contributed by atoms with Gasteiger partial charge < -0.3 is 10.1 Å². The molecule has 0 heterocycles. The molecule has 0 unspecified atom stereocenters. The van der Waals surface area contributed by atoms with E-state index in [9.17, 15) is 9.59 Å². The second-order valence-corrected chi connectivity index (χ2v) is 5.70. The Morgan fingerprint density at radius 2 is 1.96 bits per heavy atom. The molecule has 0 atom stereocenters. The number of allylic oxidation sites excluding steroid dienone is 2. The number of ether oxygens (including phenoxy) is 1. The number of hydrogen-bond donors (Lipinski definition) is 1. The topological polar surface area (TPSA) is 55.4 Å². The Kier molecular flexibility index (Phi) is 4.71. The largest absolute Gasteiger partial charge is 0.431 e. The summed E-state index contributed by atoms with van der Waals surface area (Å²) in [5.74, 6) is 0.557. The number of carbonyl (C=O) groups is 2. The molecule has 0 aliphatic heterocycles. The van der Waals surface area contributed by atoms with Gasteiger partial charge >= 0.3 is 0 Å². The molecular weight excluding hydrogens is 290 g/mol. The quantitative estimate of drug-likeness (QED) is 0.831. The van der Waals surface area contributed by atoms with Crippen LogP contribution in [0.2, 0.25) is 0 Å². The molecule has 118 valence electrons. The van der Waals surface area contributed by atoms with Gasteiger partial charge in [0, 0.05) is 12.8 Å². The monoisotopic (exact) mass is 309 g/mol. The van der Waals surface area contributed by atoms with E-state index in [1.807, 2.05) is 12.1 Å². The lowest BCUT2D eigenvalue weighted by Gasteiger charge is -2.08. The van der Waals surface area contributed by atoms with E-state index < -0.39 is 0 Å². The number of rotatable bonds is 6. The van der Waals surface area contributed by atoms with Gasteiger partial charge in [0.15, 0.2) is 0 Å². The molecule has 0 aromatic heterocycles. The summed E-state index contributed by atoms with van der Waals surface area (Å²) in [6, 6.07) is 14.4. The molecule has 2 aromatic rings. The third-order valence-electron chi connectivity index (χ3n) is 4.10. The van der Waals surface area contributed by atoms with E-state index in [-0.39, 0.29) is 5.91 Å². The second-order valence-electron chi connectivity index (χ2n) is 5.70. The van der Waals surface area contributed by atoms with Crippen LogP contribution in [-0.4, -0.2) is 12.4 Å². The minimum Gasteiger partial charge on any atom is -0.431 e. The van der Waals surface area contributed by atoms with Gasteiger partial charge in [-0.3, -0.25) is 9.59 Å². The number of amides is 1. The van der Waals surface area contributed by atoms with Crippen LogP contribution < -0.4 is 5.32 Å². The molecule has 0 fully saturated rings. The summed E-state index contributed by atoms with van der Waals surface area (Å²) in [6.45, 7) is 0.419. The van der Waals surface area contributed by atoms with Crippen molar-refractivity contribution in [2.75, 3.05) is 0 Å². The van der Waals surface area contributed by atoms with Gasteiger partial charge in [0.25, 0.3) is 6.47 Å². The Labute approximate surface area is 135 Å². The molecule has 4 nitrogen and oxygen atoms in total. The van der Waals surface area contributed by atoms with Gasteiger partial charge in [0.05, 0.1) is 5.70 Å². The molecule has 1 N–H and O–H groups in total. The summed E-state index contributed by atoms with van der Waals surface area (Å²) in [5, 5.41) is 5.27. The van der Waals surface area contributed by atoms with Crippen molar-refractivity contribution in [2.24, 2.45) is 0 Å². The molecular formula is C19H19NO3. The fourth-order valence-electron chi connectivity index (χ4n) is 2.92. The van der Waals surface area contributed by atoms with Crippen LogP contribution in [0.5, 0.6) is 0 Å². The van der Waals surface area contributed by atoms with Crippen LogP contribution in [0.1, 0.15) is 31.2 Å². The smallest absolute Gasteiger partial charge is 0.298 e. The molecule has 0 saturated carbocycles. The first-order chi connectivity index (χ1) is 11.3. The van der Waals surface area contributed by atoms with Gasteiger partial charge in [-0.2, -0.15) is 0 Å². The zero-order valence-corrected chi connectivity index (χ0v) is 12.9. The Morgan fingerprint density at radius 1 is 1.13 bits per heavy atom. The Morgan fingerprint density at radius 3 is 2.78 bits per heavy atom. The molecule has 0 bridgehead atoms. The van der Waals surface area contributed by atoms with Crippen LogP contribution >= 0.6 is 0 Å². The van der Waals surface area contributed by atoms with E-state index in [0.29, 0.717) is 31.5 Å². The zero-order valence-electron chi connectivity index (χ0n) is 12.9. The van der Waals surface area contributed by atoms with Gasteiger partial charge in [-0.05, 0) is 35.6 Å². The third kappa shape index (κ3) is 3.77. The summed E-state index contributed by atoms with van der Waals surface area (Å²) >= 11 is 0. The van der Waals surface area contributed by atoms with Crippen molar-refractivity contribution in [3.05, 3.63) is 59.5 Å². The van der Waals surface area contributed by atoms with E-state index in [1.54, 1.807) is 0 Å². The minimum atomic E-state index is -0.0398. The first-order valence-corrected chi connectivity index (χ1v) is 7.86. The molecule has 1 aliphatic rings. The molecule has 23 heavy (non-hydrogen) atoms. The van der Waals surface area contributed by atoms with E-state index >= 15 is 0 Å². The fraction of sp³-hybridized carbons (Fsp3) is 0.263. The second kappa shape index (κ2) is 7.09.